The van der Waals surface area contributed by atoms with E-state index in [2.05, 4.69) is 0 Å². The number of aliphatic hydroxyl groups is 3. The number of rotatable bonds is 3. The molecule has 124 valence electrons. The van der Waals surface area contributed by atoms with Crippen LogP contribution >= 0.6 is 22.6 Å². The van der Waals surface area contributed by atoms with Gasteiger partial charge in [0.25, 0.3) is 0 Å². The number of carbonyl (C=O) groups excluding carboxylic acids is 3. The van der Waals surface area contributed by atoms with E-state index in [0.717, 1.165) is 11.8 Å². The summed E-state index contributed by atoms with van der Waals surface area (Å²) in [6.45, 7) is 0.533. The lowest BCUT2D eigenvalue weighted by molar-refractivity contribution is -0.175. The second-order valence-corrected chi connectivity index (χ2v) is 6.17. The Morgan fingerprint density at radius 3 is 2.55 bits per heavy atom. The summed E-state index contributed by atoms with van der Waals surface area (Å²) in [7, 11) is 0. The number of aliphatic hydroxyl groups excluding tert-OH is 3. The average molecular weight is 430 g/mol. The zero-order chi connectivity index (χ0) is 16.6. The van der Waals surface area contributed by atoms with E-state index in [-0.39, 0.29) is 0 Å². The molecule has 2 rings (SSSR count). The largest absolute Gasteiger partial charge is 0.440 e. The molecule has 3 amide bonds. The Kier molecular flexibility index (Phi) is 5.21. The molecule has 0 aromatic rings. The van der Waals surface area contributed by atoms with Crippen LogP contribution in [0.2, 0.25) is 0 Å². The van der Waals surface area contributed by atoms with Crippen LogP contribution in [0.1, 0.15) is 6.92 Å². The predicted molar refractivity (Wildman–Crippen MR) is 76.5 cm³/mol. The van der Waals surface area contributed by atoms with Crippen molar-refractivity contribution in [1.82, 2.24) is 10.2 Å². The van der Waals surface area contributed by atoms with Crippen LogP contribution in [0.4, 0.5) is 4.79 Å². The highest BCUT2D eigenvalue weighted by atomic mass is 127. The molecule has 2 heterocycles. The molecule has 22 heavy (non-hydrogen) atoms. The van der Waals surface area contributed by atoms with Crippen molar-refractivity contribution in [3.05, 3.63) is 0 Å². The van der Waals surface area contributed by atoms with Gasteiger partial charge >= 0.3 is 12.0 Å². The van der Waals surface area contributed by atoms with Gasteiger partial charge in [-0.15, -0.1) is 0 Å². The van der Waals surface area contributed by atoms with Gasteiger partial charge in [-0.25, -0.2) is 4.79 Å². The van der Waals surface area contributed by atoms with Gasteiger partial charge in [-0.1, -0.05) is 22.6 Å². The van der Waals surface area contributed by atoms with Crippen molar-refractivity contribution in [2.45, 2.75) is 41.6 Å². The van der Waals surface area contributed by atoms with Crippen LogP contribution in [0, 0.1) is 0 Å². The molecule has 2 saturated heterocycles. The van der Waals surface area contributed by atoms with Gasteiger partial charge < -0.3 is 24.8 Å². The summed E-state index contributed by atoms with van der Waals surface area (Å²) in [5.74, 6) is -1.38. The minimum absolute atomic E-state index is 0.574. The van der Waals surface area contributed by atoms with E-state index in [9.17, 15) is 24.6 Å². The number of urea groups is 1. The Labute approximate surface area is 138 Å². The molecule has 4 N–H and O–H groups in total. The second kappa shape index (κ2) is 6.62. The standard InChI is InChI=1S/C11H15IN2O8/c1-3(16)21-9-5(12)8(19)13-11(20)14(9)10-7(18)6(17)4(2-15)22-10/h4-7,9-10,15,17-18H,2H2,1H3,(H,13,19,20)/t4-,5?,6-,7-,9?,10-/m1/s1. The number of imide groups is 1. The number of halogens is 1. The van der Waals surface area contributed by atoms with Gasteiger partial charge in [0.2, 0.25) is 12.1 Å². The molecular formula is C11H15IN2O8. The normalized spacial score (nSPS) is 38.9. The lowest BCUT2D eigenvalue weighted by Crippen LogP contribution is -2.66. The molecule has 0 saturated carbocycles. The fourth-order valence-electron chi connectivity index (χ4n) is 2.28. The minimum Gasteiger partial charge on any atom is -0.440 e. The van der Waals surface area contributed by atoms with Crippen molar-refractivity contribution in [1.29, 1.82) is 0 Å². The molecule has 2 aliphatic heterocycles. The fourth-order valence-corrected chi connectivity index (χ4v) is 2.93. The Morgan fingerprint density at radius 1 is 1.41 bits per heavy atom. The summed E-state index contributed by atoms with van der Waals surface area (Å²) in [6.07, 6.45) is -6.73. The van der Waals surface area contributed by atoms with Gasteiger partial charge in [0.15, 0.2) is 6.23 Å². The van der Waals surface area contributed by atoms with Gasteiger partial charge in [0.1, 0.15) is 22.2 Å². The van der Waals surface area contributed by atoms with Crippen LogP contribution in [0.5, 0.6) is 0 Å². The quantitative estimate of drug-likeness (QED) is 0.222. The number of hydrogen-bond acceptors (Lipinski definition) is 8. The number of amides is 3. The van der Waals surface area contributed by atoms with E-state index in [4.69, 9.17) is 14.6 Å². The Bertz CT molecular complexity index is 489. The van der Waals surface area contributed by atoms with Crippen LogP contribution in [-0.2, 0) is 19.1 Å². The number of ether oxygens (including phenoxy) is 2. The van der Waals surface area contributed by atoms with Crippen molar-refractivity contribution in [2.75, 3.05) is 6.61 Å². The van der Waals surface area contributed by atoms with E-state index < -0.39 is 59.2 Å². The molecule has 0 bridgehead atoms. The van der Waals surface area contributed by atoms with Gasteiger partial charge in [0.05, 0.1) is 6.61 Å². The molecular weight excluding hydrogens is 415 g/mol. The summed E-state index contributed by atoms with van der Waals surface area (Å²) in [4.78, 5) is 35.8. The Balaban J connectivity index is 2.30. The summed E-state index contributed by atoms with van der Waals surface area (Å²) in [6, 6.07) is -0.931. The van der Waals surface area contributed by atoms with Crippen LogP contribution in [-0.4, -0.2) is 79.4 Å². The number of nitrogens with zero attached hydrogens (tertiary/aromatic N) is 1. The van der Waals surface area contributed by atoms with Gasteiger partial charge in [-0.3, -0.25) is 19.8 Å². The third kappa shape index (κ3) is 3.03. The fraction of sp³-hybridized carbons (Fsp3) is 0.727. The monoisotopic (exact) mass is 430 g/mol. The highest BCUT2D eigenvalue weighted by molar-refractivity contribution is 14.1. The molecule has 10 nitrogen and oxygen atoms in total. The first kappa shape index (κ1) is 17.3. The summed E-state index contributed by atoms with van der Waals surface area (Å²) >= 11 is 1.68. The first-order valence-electron chi connectivity index (χ1n) is 6.34. The molecule has 2 unspecified atom stereocenters. The maximum atomic E-state index is 12.0. The zero-order valence-corrected chi connectivity index (χ0v) is 13.5. The maximum Gasteiger partial charge on any atom is 0.329 e. The molecule has 0 aromatic heterocycles. The van der Waals surface area contributed by atoms with Crippen LogP contribution in [0.15, 0.2) is 0 Å². The first-order valence-corrected chi connectivity index (χ1v) is 7.59. The molecule has 2 aliphatic rings. The Morgan fingerprint density at radius 2 is 2.05 bits per heavy atom. The number of esters is 1. The highest BCUT2D eigenvalue weighted by Gasteiger charge is 2.53. The maximum absolute atomic E-state index is 12.0. The van der Waals surface area contributed by atoms with Crippen molar-refractivity contribution in [2.24, 2.45) is 0 Å². The summed E-state index contributed by atoms with van der Waals surface area (Å²) in [5.41, 5.74) is 0. The zero-order valence-electron chi connectivity index (χ0n) is 11.4. The highest BCUT2D eigenvalue weighted by Crippen LogP contribution is 2.30. The van der Waals surface area contributed by atoms with Crippen LogP contribution in [0.3, 0.4) is 0 Å². The van der Waals surface area contributed by atoms with E-state index in [0.29, 0.717) is 0 Å². The first-order chi connectivity index (χ1) is 10.3. The smallest absolute Gasteiger partial charge is 0.329 e. The molecule has 2 fully saturated rings. The summed E-state index contributed by atoms with van der Waals surface area (Å²) < 4.78 is 9.30. The number of nitrogens with one attached hydrogen (secondary N) is 1. The van der Waals surface area contributed by atoms with E-state index >= 15 is 0 Å². The molecule has 0 radical (unpaired) electrons. The van der Waals surface area contributed by atoms with Crippen LogP contribution in [0.25, 0.3) is 0 Å². The lowest BCUT2D eigenvalue weighted by atomic mass is 10.1. The Hall–Kier alpha value is -1.02. The predicted octanol–water partition coefficient (Wildman–Crippen LogP) is -2.33. The number of carbonyl (C=O) groups is 3. The summed E-state index contributed by atoms with van der Waals surface area (Å²) in [5, 5.41) is 30.9. The van der Waals surface area contributed by atoms with Crippen molar-refractivity contribution < 1.29 is 39.2 Å². The van der Waals surface area contributed by atoms with Crippen molar-refractivity contribution >= 4 is 40.5 Å². The molecule has 6 atom stereocenters. The molecule has 0 aromatic carbocycles. The van der Waals surface area contributed by atoms with E-state index in [1.807, 2.05) is 5.32 Å². The topological polar surface area (TPSA) is 146 Å². The lowest BCUT2D eigenvalue weighted by Gasteiger charge is -2.40. The van der Waals surface area contributed by atoms with Crippen LogP contribution < -0.4 is 5.32 Å². The van der Waals surface area contributed by atoms with Crippen molar-refractivity contribution in [3.63, 3.8) is 0 Å². The van der Waals surface area contributed by atoms with Gasteiger partial charge in [0, 0.05) is 6.92 Å². The minimum atomic E-state index is -1.53. The van der Waals surface area contributed by atoms with Gasteiger partial charge in [-0.2, -0.15) is 0 Å². The third-order valence-corrected chi connectivity index (χ3v) is 4.50. The molecule has 11 heteroatoms. The van der Waals surface area contributed by atoms with E-state index in [1.54, 1.807) is 22.6 Å². The number of hydrogen-bond donors (Lipinski definition) is 4. The second-order valence-electron chi connectivity index (χ2n) is 4.83. The molecule has 0 aliphatic carbocycles. The third-order valence-electron chi connectivity index (χ3n) is 3.32. The SMILES string of the molecule is CC(=O)OC1C(I)C(=O)NC(=O)N1[C@@H]1O[C@H](CO)[C@@H](O)[C@H]1O. The van der Waals surface area contributed by atoms with E-state index in [1.165, 1.54) is 0 Å². The number of alkyl halides is 1. The average Bonchev–Trinajstić information content (AvgIpc) is 2.72. The molecule has 0 spiro atoms. The van der Waals surface area contributed by atoms with Gasteiger partial charge in [-0.05, 0) is 0 Å². The van der Waals surface area contributed by atoms with Crippen molar-refractivity contribution in [3.8, 4) is 0 Å².